The van der Waals surface area contributed by atoms with Crippen LogP contribution < -0.4 is 15.4 Å². The zero-order valence-electron chi connectivity index (χ0n) is 33.0. The second-order valence-corrected chi connectivity index (χ2v) is 17.0. The lowest BCUT2D eigenvalue weighted by atomic mass is 9.87. The van der Waals surface area contributed by atoms with E-state index in [1.54, 1.807) is 24.0 Å². The number of nitrogens with zero attached hydrogens (tertiary/aromatic N) is 4. The van der Waals surface area contributed by atoms with Gasteiger partial charge in [-0.15, -0.1) is 11.3 Å². The predicted molar refractivity (Wildman–Crippen MR) is 223 cm³/mol. The number of urea groups is 1. The van der Waals surface area contributed by atoms with Crippen LogP contribution in [0.15, 0.2) is 78.4 Å². The Hall–Kier alpha value is -4.28. The molecule has 2 aliphatic heterocycles. The summed E-state index contributed by atoms with van der Waals surface area (Å²) in [7, 11) is 0. The molecule has 2 fully saturated rings. The number of amides is 2. The molecule has 1 saturated carbocycles. The van der Waals surface area contributed by atoms with Gasteiger partial charge in [-0.2, -0.15) is 0 Å². The first kappa shape index (κ1) is 39.0. The van der Waals surface area contributed by atoms with E-state index in [0.29, 0.717) is 23.3 Å². The third-order valence-corrected chi connectivity index (χ3v) is 12.4. The Kier molecular flexibility index (Phi) is 12.8. The minimum atomic E-state index is -0.558. The van der Waals surface area contributed by atoms with Crippen LogP contribution in [0, 0.1) is 23.6 Å². The molecule has 2 N–H and O–H groups in total. The van der Waals surface area contributed by atoms with Gasteiger partial charge in [0.2, 0.25) is 0 Å². The molecule has 4 aromatic rings. The normalized spacial score (nSPS) is 18.6. The first-order chi connectivity index (χ1) is 26.8. The van der Waals surface area contributed by atoms with Gasteiger partial charge in [0.1, 0.15) is 5.75 Å². The number of ether oxygens (including phenoxy) is 1. The van der Waals surface area contributed by atoms with Crippen molar-refractivity contribution in [3.05, 3.63) is 89.8 Å². The van der Waals surface area contributed by atoms with Crippen molar-refractivity contribution in [1.82, 2.24) is 25.1 Å². The summed E-state index contributed by atoms with van der Waals surface area (Å²) in [5.41, 5.74) is 6.37. The topological polar surface area (TPSA) is 82.4 Å². The van der Waals surface area contributed by atoms with Crippen LogP contribution in [-0.2, 0) is 6.42 Å². The fourth-order valence-electron chi connectivity index (χ4n) is 7.60. The number of carbonyl (C=O) groups excluding carboxylic acids is 1. The number of anilines is 1. The third kappa shape index (κ3) is 10.5. The van der Waals surface area contributed by atoms with Crippen LogP contribution in [0.2, 0.25) is 0 Å². The lowest BCUT2D eigenvalue weighted by Gasteiger charge is -2.25. The Morgan fingerprint density at radius 3 is 2.69 bits per heavy atom. The summed E-state index contributed by atoms with van der Waals surface area (Å²) in [5.74, 6) is 2.01. The van der Waals surface area contributed by atoms with Crippen LogP contribution in [0.4, 0.5) is 14.9 Å². The molecule has 292 valence electrons. The second kappa shape index (κ2) is 18.1. The highest BCUT2D eigenvalue weighted by Gasteiger charge is 2.31. The maximum atomic E-state index is 15.0. The van der Waals surface area contributed by atoms with Crippen molar-refractivity contribution in [2.24, 2.45) is 17.8 Å². The van der Waals surface area contributed by atoms with Gasteiger partial charge in [-0.3, -0.25) is 9.97 Å². The molecule has 1 aliphatic carbocycles. The summed E-state index contributed by atoms with van der Waals surface area (Å²) in [4.78, 5) is 27.7. The zero-order valence-corrected chi connectivity index (χ0v) is 33.8. The summed E-state index contributed by atoms with van der Waals surface area (Å²) in [5, 5.41) is 5.52. The molecular formula is C45H57FN6O2S. The molecule has 3 aliphatic rings. The average molecular weight is 765 g/mol. The third-order valence-electron chi connectivity index (χ3n) is 11.3. The number of unbranched alkanes of at least 4 members (excludes halogenated alkanes) is 1. The summed E-state index contributed by atoms with van der Waals surface area (Å²) < 4.78 is 21.9. The van der Waals surface area contributed by atoms with Crippen molar-refractivity contribution < 1.29 is 13.9 Å². The Labute approximate surface area is 330 Å². The Bertz CT molecular complexity index is 1990. The highest BCUT2D eigenvalue weighted by Crippen LogP contribution is 2.40. The van der Waals surface area contributed by atoms with Crippen molar-refractivity contribution in [2.75, 3.05) is 31.5 Å². The molecule has 8 nitrogen and oxygen atoms in total. The fraction of sp³-hybridized carbons (Fsp3) is 0.489. The van der Waals surface area contributed by atoms with E-state index >= 15 is 4.39 Å². The zero-order chi connectivity index (χ0) is 38.3. The molecule has 1 saturated heterocycles. The van der Waals surface area contributed by atoms with Gasteiger partial charge in [0.05, 0.1) is 27.3 Å². The number of allylic oxidation sites excluding steroid dienone is 3. The van der Waals surface area contributed by atoms with Crippen molar-refractivity contribution in [3.63, 3.8) is 0 Å². The number of benzene rings is 1. The number of thiophene rings is 1. The number of rotatable bonds is 18. The highest BCUT2D eigenvalue weighted by molar-refractivity contribution is 7.22. The smallest absolute Gasteiger partial charge is 0.319 e. The second-order valence-electron chi connectivity index (χ2n) is 15.9. The van der Waals surface area contributed by atoms with Crippen molar-refractivity contribution in [2.45, 2.75) is 97.9 Å². The number of pyridine rings is 2. The van der Waals surface area contributed by atoms with E-state index in [-0.39, 0.29) is 17.8 Å². The molecule has 0 spiro atoms. The lowest BCUT2D eigenvalue weighted by Crippen LogP contribution is -2.30. The number of hydrogen-bond donors (Lipinski definition) is 2. The van der Waals surface area contributed by atoms with Crippen LogP contribution in [0.5, 0.6) is 11.5 Å². The Balaban J connectivity index is 0.914. The number of nitrogens with one attached hydrogen (secondary N) is 2. The molecular weight excluding hydrogens is 708 g/mol. The van der Waals surface area contributed by atoms with Crippen LogP contribution in [0.3, 0.4) is 0 Å². The fourth-order valence-corrected chi connectivity index (χ4v) is 8.65. The number of fused-ring (bicyclic) bond motifs is 2. The molecule has 3 aromatic heterocycles. The quantitative estimate of drug-likeness (QED) is 0.0982. The van der Waals surface area contributed by atoms with Gasteiger partial charge in [0.15, 0.2) is 11.6 Å². The number of hydrogen-bond acceptors (Lipinski definition) is 7. The van der Waals surface area contributed by atoms with Gasteiger partial charge in [-0.25, -0.2) is 9.18 Å². The van der Waals surface area contributed by atoms with Crippen molar-refractivity contribution in [1.29, 1.82) is 0 Å². The molecule has 3 atom stereocenters. The largest absolute Gasteiger partial charge is 0.453 e. The van der Waals surface area contributed by atoms with Gasteiger partial charge in [-0.05, 0) is 125 Å². The number of halogens is 1. The first-order valence-corrected chi connectivity index (χ1v) is 21.4. The first-order valence-electron chi connectivity index (χ1n) is 20.5. The standard InChI is InChI=1S/C45H57FN6O2S/c1-5-7-21-51(22-8-9-36-25-33(6-2)31(4)10-15-37-29-52(36)37)23-19-30(3)24-32-11-16-39(48-28-32)43-27-40-44(55-43)42(18-20-47-40)54-41-17-14-35(26-38(41)46)50-45(53)49-34-12-13-34/h11,14-18,20,25-28,30-31,33-34H,5-10,12-13,19,21-24,29H2,1-4H3,(H2,49,50,53). The summed E-state index contributed by atoms with van der Waals surface area (Å²) >= 11 is 1.53. The SMILES string of the molecule is CCCCN(CCCC1=CC(CC)C(C)CC=C2CN12)CCC(C)Cc1ccc(-c2cc3nccc(Oc4ccc(NC(=O)NC5CC5)cc4F)c3s2)nc1. The van der Waals surface area contributed by atoms with Gasteiger partial charge < -0.3 is 25.2 Å². The number of carbonyl (C=O) groups is 1. The Morgan fingerprint density at radius 2 is 1.93 bits per heavy atom. The van der Waals surface area contributed by atoms with E-state index in [1.807, 2.05) is 12.3 Å². The molecule has 0 radical (unpaired) electrons. The average Bonchev–Trinajstić information content (AvgIpc) is 4.10. The molecule has 55 heavy (non-hydrogen) atoms. The Morgan fingerprint density at radius 1 is 1.07 bits per heavy atom. The van der Waals surface area contributed by atoms with Crippen molar-refractivity contribution >= 4 is 33.3 Å². The van der Waals surface area contributed by atoms with Gasteiger partial charge >= 0.3 is 6.03 Å². The van der Waals surface area contributed by atoms with E-state index in [1.165, 1.54) is 86.2 Å². The summed E-state index contributed by atoms with van der Waals surface area (Å²) in [6.07, 6.45) is 20.2. The van der Waals surface area contributed by atoms with Gasteiger partial charge in [0, 0.05) is 47.6 Å². The van der Waals surface area contributed by atoms with E-state index in [9.17, 15) is 4.79 Å². The summed E-state index contributed by atoms with van der Waals surface area (Å²) in [6.45, 7) is 14.0. The summed E-state index contributed by atoms with van der Waals surface area (Å²) in [6, 6.07) is 12.4. The van der Waals surface area contributed by atoms with Crippen molar-refractivity contribution in [3.8, 4) is 22.1 Å². The predicted octanol–water partition coefficient (Wildman–Crippen LogP) is 11.2. The molecule has 1 aromatic carbocycles. The maximum absolute atomic E-state index is 15.0. The van der Waals surface area contributed by atoms with Crippen LogP contribution in [0.1, 0.15) is 91.0 Å². The van der Waals surface area contributed by atoms with Gasteiger partial charge in [-0.1, -0.05) is 52.3 Å². The van der Waals surface area contributed by atoms with Crippen LogP contribution >= 0.6 is 11.3 Å². The van der Waals surface area contributed by atoms with E-state index in [4.69, 9.17) is 9.72 Å². The van der Waals surface area contributed by atoms with E-state index in [0.717, 1.165) is 65.6 Å². The molecule has 2 amide bonds. The molecule has 7 rings (SSSR count). The molecule has 5 heterocycles. The van der Waals surface area contributed by atoms with E-state index in [2.05, 4.69) is 77.4 Å². The minimum absolute atomic E-state index is 0.0795. The molecule has 10 heteroatoms. The van der Waals surface area contributed by atoms with Crippen LogP contribution in [0.25, 0.3) is 20.8 Å². The molecule has 3 unspecified atom stereocenters. The molecule has 0 bridgehead atoms. The maximum Gasteiger partial charge on any atom is 0.319 e. The van der Waals surface area contributed by atoms with Gasteiger partial charge in [0.25, 0.3) is 0 Å². The monoisotopic (exact) mass is 764 g/mol. The minimum Gasteiger partial charge on any atom is -0.453 e. The van der Waals surface area contributed by atoms with E-state index < -0.39 is 5.82 Å². The van der Waals surface area contributed by atoms with Crippen LogP contribution in [-0.4, -0.2) is 58.0 Å². The number of aromatic nitrogens is 2. The highest BCUT2D eigenvalue weighted by atomic mass is 32.1. The lowest BCUT2D eigenvalue weighted by molar-refractivity contribution is 0.246.